The number of fused-ring (bicyclic) bond motifs is 1. The number of aryl methyl sites for hydroxylation is 3. The highest BCUT2D eigenvalue weighted by Crippen LogP contribution is 2.22. The largest absolute Gasteiger partial charge is 0.351 e. The third kappa shape index (κ3) is 2.65. The van der Waals surface area contributed by atoms with Crippen LogP contribution >= 0.6 is 0 Å². The third-order valence-corrected chi connectivity index (χ3v) is 3.46. The number of pyridine rings is 1. The van der Waals surface area contributed by atoms with Gasteiger partial charge in [-0.1, -0.05) is 12.1 Å². The number of aromatic nitrogens is 2. The molecule has 0 aliphatic carbocycles. The lowest BCUT2D eigenvalue weighted by molar-refractivity contribution is 0.102. The number of aromatic amines is 1. The van der Waals surface area contributed by atoms with E-state index in [-0.39, 0.29) is 5.91 Å². The second-order valence-electron chi connectivity index (χ2n) is 5.34. The van der Waals surface area contributed by atoms with Gasteiger partial charge in [-0.3, -0.25) is 4.79 Å². The summed E-state index contributed by atoms with van der Waals surface area (Å²) in [6.07, 6.45) is 0. The molecular weight excluding hydrogens is 262 g/mol. The Hall–Kier alpha value is -2.62. The van der Waals surface area contributed by atoms with Gasteiger partial charge in [-0.05, 0) is 56.2 Å². The fraction of sp³-hybridized carbons (Fsp3) is 0.176. The summed E-state index contributed by atoms with van der Waals surface area (Å²) in [7, 11) is 0. The summed E-state index contributed by atoms with van der Waals surface area (Å²) in [4.78, 5) is 19.8. The molecule has 0 spiro atoms. The molecule has 3 aromatic rings. The molecule has 0 atom stereocenters. The zero-order valence-corrected chi connectivity index (χ0v) is 12.3. The van der Waals surface area contributed by atoms with Gasteiger partial charge < -0.3 is 10.3 Å². The van der Waals surface area contributed by atoms with Crippen molar-refractivity contribution < 1.29 is 4.79 Å². The Bertz CT molecular complexity index is 833. The number of hydrogen-bond acceptors (Lipinski definition) is 2. The van der Waals surface area contributed by atoms with Crippen LogP contribution < -0.4 is 5.32 Å². The lowest BCUT2D eigenvalue weighted by atomic mass is 10.1. The standard InChI is InChI=1S/C17H17N3O/c1-10-7-11(2)13-9-15(19-14(13)8-10)17(21)20-16-6-4-5-12(3)18-16/h4-9,19H,1-3H3,(H,18,20,21). The molecule has 0 saturated heterocycles. The first-order valence-corrected chi connectivity index (χ1v) is 6.88. The third-order valence-electron chi connectivity index (χ3n) is 3.46. The Morgan fingerprint density at radius 1 is 1.14 bits per heavy atom. The summed E-state index contributed by atoms with van der Waals surface area (Å²) in [6.45, 7) is 5.99. The van der Waals surface area contributed by atoms with Gasteiger partial charge in [-0.15, -0.1) is 0 Å². The molecule has 4 heteroatoms. The number of H-pyrrole nitrogens is 1. The molecule has 3 rings (SSSR count). The van der Waals surface area contributed by atoms with Gasteiger partial charge in [0.2, 0.25) is 0 Å². The number of carbonyl (C=O) groups is 1. The number of anilines is 1. The van der Waals surface area contributed by atoms with Gasteiger partial charge in [0.05, 0.1) is 0 Å². The topological polar surface area (TPSA) is 57.8 Å². The van der Waals surface area contributed by atoms with Crippen LogP contribution in [0, 0.1) is 20.8 Å². The second-order valence-corrected chi connectivity index (χ2v) is 5.34. The zero-order chi connectivity index (χ0) is 15.0. The summed E-state index contributed by atoms with van der Waals surface area (Å²) in [5, 5.41) is 3.88. The van der Waals surface area contributed by atoms with Crippen molar-refractivity contribution in [1.29, 1.82) is 0 Å². The van der Waals surface area contributed by atoms with Crippen LogP contribution in [0.25, 0.3) is 10.9 Å². The zero-order valence-electron chi connectivity index (χ0n) is 12.3. The number of nitrogens with zero attached hydrogens (tertiary/aromatic N) is 1. The molecule has 0 radical (unpaired) electrons. The normalized spacial score (nSPS) is 10.8. The van der Waals surface area contributed by atoms with Gasteiger partial charge in [0.25, 0.3) is 5.91 Å². The van der Waals surface area contributed by atoms with Gasteiger partial charge in [0.1, 0.15) is 11.5 Å². The fourth-order valence-electron chi connectivity index (χ4n) is 2.52. The van der Waals surface area contributed by atoms with Crippen LogP contribution in [0.4, 0.5) is 5.82 Å². The Kier molecular flexibility index (Phi) is 3.22. The van der Waals surface area contributed by atoms with Gasteiger partial charge in [0, 0.05) is 16.6 Å². The maximum atomic E-state index is 12.3. The van der Waals surface area contributed by atoms with Gasteiger partial charge in [-0.25, -0.2) is 4.98 Å². The second kappa shape index (κ2) is 5.05. The highest BCUT2D eigenvalue weighted by atomic mass is 16.1. The Balaban J connectivity index is 1.93. The Morgan fingerprint density at radius 3 is 2.71 bits per heavy atom. The van der Waals surface area contributed by atoms with Crippen molar-refractivity contribution >= 4 is 22.6 Å². The lowest BCUT2D eigenvalue weighted by Gasteiger charge is -2.03. The van der Waals surface area contributed by atoms with Crippen molar-refractivity contribution in [3.05, 3.63) is 58.9 Å². The maximum absolute atomic E-state index is 12.3. The first-order chi connectivity index (χ1) is 10.0. The summed E-state index contributed by atoms with van der Waals surface area (Å²) in [6, 6.07) is 11.6. The van der Waals surface area contributed by atoms with E-state index in [2.05, 4.69) is 21.4 Å². The number of carbonyl (C=O) groups excluding carboxylic acids is 1. The molecule has 1 aromatic carbocycles. The summed E-state index contributed by atoms with van der Waals surface area (Å²) >= 11 is 0. The average molecular weight is 279 g/mol. The number of benzene rings is 1. The Labute approximate surface area is 123 Å². The maximum Gasteiger partial charge on any atom is 0.273 e. The van der Waals surface area contributed by atoms with Crippen molar-refractivity contribution in [3.8, 4) is 0 Å². The lowest BCUT2D eigenvalue weighted by Crippen LogP contribution is -2.13. The predicted octanol–water partition coefficient (Wildman–Crippen LogP) is 3.74. The SMILES string of the molecule is Cc1cc(C)c2cc(C(=O)Nc3cccc(C)n3)[nH]c2c1. The minimum atomic E-state index is -0.179. The van der Waals surface area contributed by atoms with Gasteiger partial charge in [0.15, 0.2) is 0 Å². The average Bonchev–Trinajstić information content (AvgIpc) is 2.83. The number of nitrogens with one attached hydrogen (secondary N) is 2. The first-order valence-electron chi connectivity index (χ1n) is 6.88. The van der Waals surface area contributed by atoms with Crippen LogP contribution in [0.1, 0.15) is 27.3 Å². The molecule has 0 unspecified atom stereocenters. The molecule has 0 bridgehead atoms. The molecule has 0 fully saturated rings. The number of rotatable bonds is 2. The van der Waals surface area contributed by atoms with Crippen molar-refractivity contribution in [2.75, 3.05) is 5.32 Å². The van der Waals surface area contributed by atoms with E-state index >= 15 is 0 Å². The molecule has 0 aliphatic heterocycles. The van der Waals surface area contributed by atoms with E-state index in [1.807, 2.05) is 45.0 Å². The van der Waals surface area contributed by atoms with E-state index in [1.54, 1.807) is 6.07 Å². The van der Waals surface area contributed by atoms with E-state index in [9.17, 15) is 4.79 Å². The van der Waals surface area contributed by atoms with Crippen molar-refractivity contribution in [2.24, 2.45) is 0 Å². The molecular formula is C17H17N3O. The minimum Gasteiger partial charge on any atom is -0.351 e. The molecule has 2 aromatic heterocycles. The Morgan fingerprint density at radius 2 is 1.95 bits per heavy atom. The van der Waals surface area contributed by atoms with E-state index in [0.29, 0.717) is 11.5 Å². The molecule has 0 aliphatic rings. The van der Waals surface area contributed by atoms with Gasteiger partial charge in [-0.2, -0.15) is 0 Å². The summed E-state index contributed by atoms with van der Waals surface area (Å²) in [5.74, 6) is 0.382. The number of amides is 1. The molecule has 1 amide bonds. The monoisotopic (exact) mass is 279 g/mol. The van der Waals surface area contributed by atoms with E-state index in [1.165, 1.54) is 5.56 Å². The number of hydrogen-bond donors (Lipinski definition) is 2. The summed E-state index contributed by atoms with van der Waals surface area (Å²) < 4.78 is 0. The summed E-state index contributed by atoms with van der Waals surface area (Å²) in [5.41, 5.74) is 4.73. The van der Waals surface area contributed by atoms with Crippen LogP contribution in [0.15, 0.2) is 36.4 Å². The first kappa shape index (κ1) is 13.4. The van der Waals surface area contributed by atoms with Crippen LogP contribution in [-0.4, -0.2) is 15.9 Å². The van der Waals surface area contributed by atoms with Crippen LogP contribution in [0.5, 0.6) is 0 Å². The van der Waals surface area contributed by atoms with Crippen LogP contribution in [0.3, 0.4) is 0 Å². The molecule has 2 N–H and O–H groups in total. The molecule has 21 heavy (non-hydrogen) atoms. The molecule has 2 heterocycles. The highest BCUT2D eigenvalue weighted by molar-refractivity contribution is 6.05. The van der Waals surface area contributed by atoms with Crippen LogP contribution in [-0.2, 0) is 0 Å². The molecule has 0 saturated carbocycles. The van der Waals surface area contributed by atoms with E-state index in [4.69, 9.17) is 0 Å². The van der Waals surface area contributed by atoms with E-state index in [0.717, 1.165) is 22.2 Å². The minimum absolute atomic E-state index is 0.179. The van der Waals surface area contributed by atoms with Crippen molar-refractivity contribution in [2.45, 2.75) is 20.8 Å². The van der Waals surface area contributed by atoms with Crippen molar-refractivity contribution in [3.63, 3.8) is 0 Å². The van der Waals surface area contributed by atoms with Gasteiger partial charge >= 0.3 is 0 Å². The highest BCUT2D eigenvalue weighted by Gasteiger charge is 2.11. The fourth-order valence-corrected chi connectivity index (χ4v) is 2.52. The molecule has 106 valence electrons. The van der Waals surface area contributed by atoms with Crippen molar-refractivity contribution in [1.82, 2.24) is 9.97 Å². The quantitative estimate of drug-likeness (QED) is 0.750. The van der Waals surface area contributed by atoms with Crippen LogP contribution in [0.2, 0.25) is 0 Å². The predicted molar refractivity (Wildman–Crippen MR) is 84.7 cm³/mol. The smallest absolute Gasteiger partial charge is 0.273 e. The van der Waals surface area contributed by atoms with E-state index < -0.39 is 0 Å². The molecule has 4 nitrogen and oxygen atoms in total.